The Morgan fingerprint density at radius 3 is 2.86 bits per heavy atom. The Labute approximate surface area is 137 Å². The van der Waals surface area contributed by atoms with Crippen LogP contribution in [0, 0.1) is 12.8 Å². The van der Waals surface area contributed by atoms with Crippen LogP contribution in [0.15, 0.2) is 16.7 Å². The van der Waals surface area contributed by atoms with E-state index in [0.717, 1.165) is 4.47 Å². The van der Waals surface area contributed by atoms with Crippen LogP contribution >= 0.6 is 15.9 Å². The average molecular weight is 367 g/mol. The number of ether oxygens (including phenoxy) is 1. The first-order chi connectivity index (χ1) is 10.6. The summed E-state index contributed by atoms with van der Waals surface area (Å²) in [5.74, 6) is 0.236. The Kier molecular flexibility index (Phi) is 4.38. The molecule has 1 aliphatic carbocycles. The lowest BCUT2D eigenvalue weighted by atomic mass is 9.90. The van der Waals surface area contributed by atoms with Crippen molar-refractivity contribution < 1.29 is 14.6 Å². The average Bonchev–Trinajstić information content (AvgIpc) is 2.82. The van der Waals surface area contributed by atoms with E-state index in [0.29, 0.717) is 29.6 Å². The topological polar surface area (TPSA) is 63.8 Å². The Morgan fingerprint density at radius 2 is 2.18 bits per heavy atom. The minimum atomic E-state index is -0.985. The first kappa shape index (κ1) is 15.3. The minimum Gasteiger partial charge on any atom is -0.489 e. The van der Waals surface area contributed by atoms with E-state index in [4.69, 9.17) is 4.74 Å². The van der Waals surface area contributed by atoms with E-state index in [-0.39, 0.29) is 5.69 Å². The number of carbonyl (C=O) groups is 1. The molecule has 0 unspecified atom stereocenters. The number of hydrogen-bond acceptors (Lipinski definition) is 3. The summed E-state index contributed by atoms with van der Waals surface area (Å²) >= 11 is 3.42. The highest BCUT2D eigenvalue weighted by Gasteiger charge is 2.20. The van der Waals surface area contributed by atoms with E-state index in [9.17, 15) is 9.90 Å². The predicted octanol–water partition coefficient (Wildman–Crippen LogP) is 4.06. The number of aromatic nitrogens is 2. The van der Waals surface area contributed by atoms with Gasteiger partial charge in [-0.05, 0) is 47.7 Å². The van der Waals surface area contributed by atoms with Crippen LogP contribution in [-0.2, 0) is 0 Å². The first-order valence-electron chi connectivity index (χ1n) is 7.60. The number of carboxylic acids is 1. The van der Waals surface area contributed by atoms with Gasteiger partial charge in [-0.15, -0.1) is 0 Å². The molecule has 1 N–H and O–H groups in total. The molecule has 0 radical (unpaired) electrons. The van der Waals surface area contributed by atoms with Gasteiger partial charge >= 0.3 is 5.97 Å². The second kappa shape index (κ2) is 6.28. The summed E-state index contributed by atoms with van der Waals surface area (Å²) in [6.07, 6.45) is 7.99. The molecule has 2 aromatic rings. The third-order valence-corrected chi connectivity index (χ3v) is 4.66. The summed E-state index contributed by atoms with van der Waals surface area (Å²) in [5.41, 5.74) is 1.24. The zero-order valence-electron chi connectivity index (χ0n) is 12.5. The number of aryl methyl sites for hydroxylation is 1. The molecule has 0 bridgehead atoms. The Balaban J connectivity index is 1.91. The molecule has 0 spiro atoms. The van der Waals surface area contributed by atoms with Crippen molar-refractivity contribution in [2.24, 2.45) is 5.92 Å². The van der Waals surface area contributed by atoms with Crippen molar-refractivity contribution in [3.63, 3.8) is 0 Å². The lowest BCUT2D eigenvalue weighted by Crippen LogP contribution is -2.15. The monoisotopic (exact) mass is 366 g/mol. The molecule has 1 fully saturated rings. The van der Waals surface area contributed by atoms with E-state index in [2.05, 4.69) is 20.9 Å². The fourth-order valence-corrected chi connectivity index (χ4v) is 3.53. The van der Waals surface area contributed by atoms with Gasteiger partial charge in [0.2, 0.25) is 0 Å². The standard InChI is InChI=1S/C16H19BrN2O3/c1-10-14(16(20)21)19-8-12(17)7-13(15(19)18-10)22-9-11-5-3-2-4-6-11/h7-8,11H,2-6,9H2,1H3,(H,20,21). The molecule has 0 atom stereocenters. The summed E-state index contributed by atoms with van der Waals surface area (Å²) in [7, 11) is 0. The van der Waals surface area contributed by atoms with Crippen LogP contribution in [-0.4, -0.2) is 27.1 Å². The van der Waals surface area contributed by atoms with Gasteiger partial charge in [-0.1, -0.05) is 19.3 Å². The number of carboxylic acid groups (broad SMARTS) is 1. The second-order valence-corrected chi connectivity index (χ2v) is 6.80. The van der Waals surface area contributed by atoms with E-state index >= 15 is 0 Å². The highest BCUT2D eigenvalue weighted by Crippen LogP contribution is 2.29. The van der Waals surface area contributed by atoms with Crippen molar-refractivity contribution in [2.75, 3.05) is 6.61 Å². The number of rotatable bonds is 4. The zero-order chi connectivity index (χ0) is 15.7. The molecular formula is C16H19BrN2O3. The normalized spacial score (nSPS) is 16.1. The molecule has 0 saturated heterocycles. The molecule has 2 heterocycles. The Bertz CT molecular complexity index is 705. The van der Waals surface area contributed by atoms with Crippen LogP contribution in [0.2, 0.25) is 0 Å². The van der Waals surface area contributed by atoms with Gasteiger partial charge in [0.25, 0.3) is 0 Å². The lowest BCUT2D eigenvalue weighted by molar-refractivity contribution is 0.0688. The minimum absolute atomic E-state index is 0.179. The zero-order valence-corrected chi connectivity index (χ0v) is 14.1. The molecule has 3 rings (SSSR count). The molecule has 0 aromatic carbocycles. The maximum atomic E-state index is 11.4. The van der Waals surface area contributed by atoms with Gasteiger partial charge < -0.3 is 9.84 Å². The van der Waals surface area contributed by atoms with Crippen LogP contribution < -0.4 is 4.74 Å². The van der Waals surface area contributed by atoms with E-state index in [1.165, 1.54) is 32.1 Å². The van der Waals surface area contributed by atoms with Crippen LogP contribution in [0.3, 0.4) is 0 Å². The van der Waals surface area contributed by atoms with E-state index < -0.39 is 5.97 Å². The van der Waals surface area contributed by atoms with Gasteiger partial charge in [0.1, 0.15) is 0 Å². The van der Waals surface area contributed by atoms with Gasteiger partial charge in [-0.3, -0.25) is 4.40 Å². The summed E-state index contributed by atoms with van der Waals surface area (Å²) in [4.78, 5) is 15.8. The van der Waals surface area contributed by atoms with Crippen molar-refractivity contribution in [3.8, 4) is 5.75 Å². The van der Waals surface area contributed by atoms with E-state index in [1.54, 1.807) is 17.5 Å². The molecular weight excluding hydrogens is 348 g/mol. The van der Waals surface area contributed by atoms with Crippen molar-refractivity contribution in [3.05, 3.63) is 28.1 Å². The summed E-state index contributed by atoms with van der Waals surface area (Å²) in [5, 5.41) is 9.35. The number of hydrogen-bond donors (Lipinski definition) is 1. The fraction of sp³-hybridized carbons (Fsp3) is 0.500. The smallest absolute Gasteiger partial charge is 0.354 e. The van der Waals surface area contributed by atoms with Crippen LogP contribution in [0.1, 0.15) is 48.3 Å². The molecule has 1 saturated carbocycles. The van der Waals surface area contributed by atoms with Gasteiger partial charge in [0.15, 0.2) is 17.1 Å². The number of fused-ring (bicyclic) bond motifs is 1. The summed E-state index contributed by atoms with van der Waals surface area (Å²) in [6.45, 7) is 2.37. The molecule has 118 valence electrons. The fourth-order valence-electron chi connectivity index (χ4n) is 3.12. The maximum Gasteiger partial charge on any atom is 0.354 e. The lowest BCUT2D eigenvalue weighted by Gasteiger charge is -2.21. The van der Waals surface area contributed by atoms with Crippen molar-refractivity contribution >= 4 is 27.5 Å². The predicted molar refractivity (Wildman–Crippen MR) is 86.7 cm³/mol. The van der Waals surface area contributed by atoms with Crippen molar-refractivity contribution in [1.82, 2.24) is 9.38 Å². The quantitative estimate of drug-likeness (QED) is 0.885. The second-order valence-electron chi connectivity index (χ2n) is 5.88. The van der Waals surface area contributed by atoms with Crippen molar-refractivity contribution in [1.29, 1.82) is 0 Å². The summed E-state index contributed by atoms with van der Waals surface area (Å²) in [6, 6.07) is 1.86. The SMILES string of the molecule is Cc1nc2c(OCC3CCCCC3)cc(Br)cn2c1C(=O)O. The molecule has 0 aliphatic heterocycles. The van der Waals surface area contributed by atoms with E-state index in [1.807, 2.05) is 6.07 Å². The summed E-state index contributed by atoms with van der Waals surface area (Å²) < 4.78 is 8.34. The highest BCUT2D eigenvalue weighted by molar-refractivity contribution is 9.10. The molecule has 22 heavy (non-hydrogen) atoms. The van der Waals surface area contributed by atoms with Crippen LogP contribution in [0.4, 0.5) is 0 Å². The number of halogens is 1. The number of aromatic carboxylic acids is 1. The third-order valence-electron chi connectivity index (χ3n) is 4.23. The van der Waals surface area contributed by atoms with Crippen molar-refractivity contribution in [2.45, 2.75) is 39.0 Å². The van der Waals surface area contributed by atoms with Crippen LogP contribution in [0.5, 0.6) is 5.75 Å². The first-order valence-corrected chi connectivity index (χ1v) is 8.40. The van der Waals surface area contributed by atoms with Gasteiger partial charge in [0, 0.05) is 10.7 Å². The van der Waals surface area contributed by atoms with Gasteiger partial charge in [-0.25, -0.2) is 9.78 Å². The van der Waals surface area contributed by atoms with Crippen LogP contribution in [0.25, 0.3) is 5.65 Å². The molecule has 0 amide bonds. The Hall–Kier alpha value is -1.56. The largest absolute Gasteiger partial charge is 0.489 e. The Morgan fingerprint density at radius 1 is 1.45 bits per heavy atom. The number of imidazole rings is 1. The molecule has 6 heteroatoms. The maximum absolute atomic E-state index is 11.4. The number of nitrogens with zero attached hydrogens (tertiary/aromatic N) is 2. The van der Waals surface area contributed by atoms with Gasteiger partial charge in [-0.2, -0.15) is 0 Å². The number of pyridine rings is 1. The van der Waals surface area contributed by atoms with Gasteiger partial charge in [0.05, 0.1) is 12.3 Å². The highest BCUT2D eigenvalue weighted by atomic mass is 79.9. The molecule has 1 aliphatic rings. The third kappa shape index (κ3) is 2.97. The molecule has 2 aromatic heterocycles. The molecule has 5 nitrogen and oxygen atoms in total.